The van der Waals surface area contributed by atoms with Crippen molar-refractivity contribution < 1.29 is 14.7 Å². The zero-order valence-electron chi connectivity index (χ0n) is 9.69. The van der Waals surface area contributed by atoms with Crippen molar-refractivity contribution in [2.75, 3.05) is 13.1 Å². The van der Waals surface area contributed by atoms with Crippen LogP contribution in [0.5, 0.6) is 0 Å². The highest BCUT2D eigenvalue weighted by Gasteiger charge is 2.34. The van der Waals surface area contributed by atoms with Gasteiger partial charge in [-0.05, 0) is 18.8 Å². The number of nitrogens with zero attached hydrogens (tertiary/aromatic N) is 1. The molecule has 2 atom stereocenters. The highest BCUT2D eigenvalue weighted by Crippen LogP contribution is 2.25. The number of aliphatic carboxylic acids is 1. The van der Waals surface area contributed by atoms with Gasteiger partial charge in [0.15, 0.2) is 0 Å². The number of hydrogen-bond donors (Lipinski definition) is 2. The minimum atomic E-state index is -0.900. The molecule has 3 N–H and O–H groups in total. The van der Waals surface area contributed by atoms with E-state index < -0.39 is 12.0 Å². The Kier molecular flexibility index (Phi) is 4.73. The molecule has 1 fully saturated rings. The Labute approximate surface area is 95.6 Å². The number of amides is 1. The molecule has 0 saturated carbocycles. The third kappa shape index (κ3) is 2.95. The smallest absolute Gasteiger partial charge is 0.326 e. The Bertz CT molecular complexity index is 268. The van der Waals surface area contributed by atoms with Gasteiger partial charge in [0, 0.05) is 19.5 Å². The number of nitrogens with two attached hydrogens (primary N) is 1. The second-order valence-electron chi connectivity index (χ2n) is 4.28. The Balaban J connectivity index is 2.68. The van der Waals surface area contributed by atoms with Crippen LogP contribution in [0.15, 0.2) is 0 Å². The van der Waals surface area contributed by atoms with Crippen molar-refractivity contribution in [3.8, 4) is 0 Å². The number of carbonyl (C=O) groups is 2. The van der Waals surface area contributed by atoms with Gasteiger partial charge in [0.05, 0.1) is 0 Å². The number of piperidine rings is 1. The van der Waals surface area contributed by atoms with Gasteiger partial charge in [-0.1, -0.05) is 13.3 Å². The van der Waals surface area contributed by atoms with Crippen molar-refractivity contribution in [1.29, 1.82) is 0 Å². The molecule has 92 valence electrons. The molecule has 1 saturated heterocycles. The van der Waals surface area contributed by atoms with Crippen molar-refractivity contribution >= 4 is 11.9 Å². The van der Waals surface area contributed by atoms with Crippen LogP contribution in [-0.2, 0) is 9.59 Å². The molecule has 5 heteroatoms. The topological polar surface area (TPSA) is 83.6 Å². The lowest BCUT2D eigenvalue weighted by atomic mass is 9.88. The van der Waals surface area contributed by atoms with Crippen LogP contribution >= 0.6 is 0 Å². The number of carboxylic acid groups (broad SMARTS) is 1. The Hall–Kier alpha value is -1.10. The number of carboxylic acids is 1. The van der Waals surface area contributed by atoms with Crippen LogP contribution < -0.4 is 5.73 Å². The maximum Gasteiger partial charge on any atom is 0.326 e. The first kappa shape index (κ1) is 13.0. The van der Waals surface area contributed by atoms with E-state index in [0.29, 0.717) is 18.9 Å². The summed E-state index contributed by atoms with van der Waals surface area (Å²) >= 11 is 0. The Morgan fingerprint density at radius 1 is 1.50 bits per heavy atom. The number of likely N-dealkylation sites (tertiary alicyclic amines) is 1. The SMILES string of the molecule is CCC1CCN(C(=O)CCN)C(C(=O)O)C1. The fourth-order valence-electron chi connectivity index (χ4n) is 2.21. The van der Waals surface area contributed by atoms with Crippen molar-refractivity contribution in [3.05, 3.63) is 0 Å². The van der Waals surface area contributed by atoms with Crippen LogP contribution in [0.1, 0.15) is 32.6 Å². The number of hydrogen-bond acceptors (Lipinski definition) is 3. The van der Waals surface area contributed by atoms with Crippen LogP contribution in [0.3, 0.4) is 0 Å². The third-order valence-electron chi connectivity index (χ3n) is 3.25. The van der Waals surface area contributed by atoms with E-state index in [1.54, 1.807) is 0 Å². The Morgan fingerprint density at radius 3 is 2.69 bits per heavy atom. The van der Waals surface area contributed by atoms with Crippen molar-refractivity contribution in [3.63, 3.8) is 0 Å². The fourth-order valence-corrected chi connectivity index (χ4v) is 2.21. The van der Waals surface area contributed by atoms with Gasteiger partial charge in [-0.3, -0.25) is 4.79 Å². The molecule has 0 aromatic heterocycles. The first-order chi connectivity index (χ1) is 7.60. The first-order valence-corrected chi connectivity index (χ1v) is 5.82. The monoisotopic (exact) mass is 228 g/mol. The van der Waals surface area contributed by atoms with E-state index in [4.69, 9.17) is 10.8 Å². The molecule has 1 aliphatic heterocycles. The molecule has 1 heterocycles. The quantitative estimate of drug-likeness (QED) is 0.731. The predicted molar refractivity (Wildman–Crippen MR) is 59.8 cm³/mol. The van der Waals surface area contributed by atoms with Crippen LogP contribution in [0.2, 0.25) is 0 Å². The van der Waals surface area contributed by atoms with Gasteiger partial charge in [-0.15, -0.1) is 0 Å². The molecule has 5 nitrogen and oxygen atoms in total. The van der Waals surface area contributed by atoms with E-state index in [2.05, 4.69) is 6.92 Å². The van der Waals surface area contributed by atoms with Crippen molar-refractivity contribution in [2.45, 2.75) is 38.6 Å². The average Bonchev–Trinajstić information content (AvgIpc) is 2.28. The van der Waals surface area contributed by atoms with Gasteiger partial charge in [-0.2, -0.15) is 0 Å². The molecule has 1 aliphatic rings. The van der Waals surface area contributed by atoms with E-state index in [9.17, 15) is 9.59 Å². The first-order valence-electron chi connectivity index (χ1n) is 5.82. The van der Waals surface area contributed by atoms with E-state index in [0.717, 1.165) is 12.8 Å². The molecule has 0 aromatic carbocycles. The van der Waals surface area contributed by atoms with Gasteiger partial charge in [0.2, 0.25) is 5.91 Å². The van der Waals surface area contributed by atoms with E-state index in [-0.39, 0.29) is 18.9 Å². The molecule has 0 bridgehead atoms. The molecular weight excluding hydrogens is 208 g/mol. The minimum absolute atomic E-state index is 0.135. The van der Waals surface area contributed by atoms with Gasteiger partial charge in [0.1, 0.15) is 6.04 Å². The van der Waals surface area contributed by atoms with Gasteiger partial charge in [0.25, 0.3) is 0 Å². The van der Waals surface area contributed by atoms with E-state index >= 15 is 0 Å². The van der Waals surface area contributed by atoms with Crippen LogP contribution in [0.4, 0.5) is 0 Å². The highest BCUT2D eigenvalue weighted by atomic mass is 16.4. The third-order valence-corrected chi connectivity index (χ3v) is 3.25. The second-order valence-corrected chi connectivity index (χ2v) is 4.28. The van der Waals surface area contributed by atoms with Gasteiger partial charge in [-0.25, -0.2) is 4.79 Å². The molecule has 0 aliphatic carbocycles. The van der Waals surface area contributed by atoms with Gasteiger partial charge >= 0.3 is 5.97 Å². The van der Waals surface area contributed by atoms with Gasteiger partial charge < -0.3 is 15.7 Å². The normalized spacial score (nSPS) is 25.5. The second kappa shape index (κ2) is 5.84. The molecule has 16 heavy (non-hydrogen) atoms. The summed E-state index contributed by atoms with van der Waals surface area (Å²) in [6, 6.07) is -0.655. The standard InChI is InChI=1S/C11H20N2O3/c1-2-8-4-6-13(10(14)3-5-12)9(7-8)11(15)16/h8-9H,2-7,12H2,1H3,(H,15,16). The molecule has 2 unspecified atom stereocenters. The van der Waals surface area contributed by atoms with E-state index in [1.807, 2.05) is 0 Å². The molecule has 0 radical (unpaired) electrons. The summed E-state index contributed by atoms with van der Waals surface area (Å²) in [6.07, 6.45) is 2.68. The predicted octanol–water partition coefficient (Wildman–Crippen LogP) is 0.437. The molecule has 1 amide bonds. The summed E-state index contributed by atoms with van der Waals surface area (Å²) in [5, 5.41) is 9.11. The Morgan fingerprint density at radius 2 is 2.19 bits per heavy atom. The van der Waals surface area contributed by atoms with E-state index in [1.165, 1.54) is 4.90 Å². The maximum atomic E-state index is 11.7. The fraction of sp³-hybridized carbons (Fsp3) is 0.818. The number of carbonyl (C=O) groups excluding carboxylic acids is 1. The zero-order valence-corrected chi connectivity index (χ0v) is 9.69. The summed E-state index contributed by atoms with van der Waals surface area (Å²) in [5.74, 6) is -0.615. The lowest BCUT2D eigenvalue weighted by Crippen LogP contribution is -2.50. The largest absolute Gasteiger partial charge is 0.480 e. The summed E-state index contributed by atoms with van der Waals surface area (Å²) in [6.45, 7) is 2.88. The minimum Gasteiger partial charge on any atom is -0.480 e. The molecule has 0 spiro atoms. The molecule has 0 aromatic rings. The molecular formula is C11H20N2O3. The highest BCUT2D eigenvalue weighted by molar-refractivity contribution is 5.84. The summed E-state index contributed by atoms with van der Waals surface area (Å²) in [5.41, 5.74) is 5.32. The summed E-state index contributed by atoms with van der Waals surface area (Å²) < 4.78 is 0. The average molecular weight is 228 g/mol. The zero-order chi connectivity index (χ0) is 12.1. The lowest BCUT2D eigenvalue weighted by Gasteiger charge is -2.37. The van der Waals surface area contributed by atoms with Crippen LogP contribution in [0.25, 0.3) is 0 Å². The van der Waals surface area contributed by atoms with Crippen molar-refractivity contribution in [2.24, 2.45) is 11.7 Å². The van der Waals surface area contributed by atoms with Crippen LogP contribution in [0, 0.1) is 5.92 Å². The molecule has 1 rings (SSSR count). The summed E-state index contributed by atoms with van der Waals surface area (Å²) in [4.78, 5) is 24.3. The summed E-state index contributed by atoms with van der Waals surface area (Å²) in [7, 11) is 0. The maximum absolute atomic E-state index is 11.7. The van der Waals surface area contributed by atoms with Crippen LogP contribution in [-0.4, -0.2) is 41.0 Å². The van der Waals surface area contributed by atoms with Crippen molar-refractivity contribution in [1.82, 2.24) is 4.90 Å². The lowest BCUT2D eigenvalue weighted by molar-refractivity contribution is -0.153. The number of rotatable bonds is 4.